The highest BCUT2D eigenvalue weighted by molar-refractivity contribution is 7.17. The minimum absolute atomic E-state index is 0.135. The summed E-state index contributed by atoms with van der Waals surface area (Å²) in [6.45, 7) is 0.466. The molecule has 0 unspecified atom stereocenters. The average Bonchev–Trinajstić information content (AvgIpc) is 3.16. The summed E-state index contributed by atoms with van der Waals surface area (Å²) in [5.41, 5.74) is 0.715. The molecule has 27 heavy (non-hydrogen) atoms. The van der Waals surface area contributed by atoms with Gasteiger partial charge in [-0.05, 0) is 12.1 Å². The van der Waals surface area contributed by atoms with Gasteiger partial charge in [0.25, 0.3) is 5.91 Å². The van der Waals surface area contributed by atoms with Gasteiger partial charge in [0.15, 0.2) is 4.80 Å². The summed E-state index contributed by atoms with van der Waals surface area (Å²) in [6.07, 6.45) is 0.269. The lowest BCUT2D eigenvalue weighted by Gasteiger charge is -2.10. The number of carbonyl (C=O) groups is 3. The van der Waals surface area contributed by atoms with Crippen molar-refractivity contribution in [1.82, 2.24) is 9.47 Å². The molecule has 1 fully saturated rings. The molecular formula is C17H18ClN3O5S. The van der Waals surface area contributed by atoms with E-state index < -0.39 is 5.91 Å². The lowest BCUT2D eigenvalue weighted by molar-refractivity contribution is -0.141. The first-order valence-corrected chi connectivity index (χ1v) is 9.41. The van der Waals surface area contributed by atoms with Gasteiger partial charge in [0.2, 0.25) is 11.8 Å². The van der Waals surface area contributed by atoms with Gasteiger partial charge >= 0.3 is 0 Å². The van der Waals surface area contributed by atoms with Crippen molar-refractivity contribution in [3.63, 3.8) is 0 Å². The molecule has 0 atom stereocenters. The minimum atomic E-state index is -0.577. The fourth-order valence-corrected chi connectivity index (χ4v) is 4.20. The normalized spacial score (nSPS) is 15.2. The van der Waals surface area contributed by atoms with Crippen LogP contribution in [0.1, 0.15) is 12.8 Å². The highest BCUT2D eigenvalue weighted by Crippen LogP contribution is 2.33. The Labute approximate surface area is 163 Å². The molecule has 1 aliphatic rings. The Hall–Kier alpha value is -2.23. The number of aromatic nitrogens is 1. The third kappa shape index (κ3) is 3.90. The van der Waals surface area contributed by atoms with Crippen molar-refractivity contribution in [2.45, 2.75) is 19.4 Å². The number of hydrogen-bond donors (Lipinski definition) is 0. The van der Waals surface area contributed by atoms with Gasteiger partial charge in [0.1, 0.15) is 17.8 Å². The number of nitrogens with zero attached hydrogens (tertiary/aromatic N) is 3. The van der Waals surface area contributed by atoms with Crippen LogP contribution in [0.3, 0.4) is 0 Å². The molecule has 2 aromatic rings. The molecule has 3 rings (SSSR count). The summed E-state index contributed by atoms with van der Waals surface area (Å²) in [4.78, 5) is 41.3. The molecule has 1 aliphatic heterocycles. The number of amides is 3. The van der Waals surface area contributed by atoms with Crippen LogP contribution in [0.25, 0.3) is 10.2 Å². The zero-order valence-corrected chi connectivity index (χ0v) is 16.4. The molecule has 1 aromatic heterocycles. The zero-order chi connectivity index (χ0) is 19.6. The highest BCUT2D eigenvalue weighted by Gasteiger charge is 2.30. The van der Waals surface area contributed by atoms with E-state index in [1.807, 2.05) is 0 Å². The van der Waals surface area contributed by atoms with Crippen molar-refractivity contribution in [1.29, 1.82) is 0 Å². The Bertz CT molecular complexity index is 965. The van der Waals surface area contributed by atoms with Crippen LogP contribution in [0.15, 0.2) is 17.1 Å². The maximum absolute atomic E-state index is 12.4. The summed E-state index contributed by atoms with van der Waals surface area (Å²) < 4.78 is 13.1. The number of hydrogen-bond acceptors (Lipinski definition) is 6. The molecule has 0 N–H and O–H groups in total. The standard InChI is InChI=1S/C17H18ClN3O5S/c1-25-8-7-20-15-11(26-2)4-3-10(18)16(15)27-17(20)19-12(22)9-21-13(23)5-6-14(21)24/h3-4H,5-9H2,1-2H3. The van der Waals surface area contributed by atoms with E-state index in [-0.39, 0.29) is 31.2 Å². The number of carbonyl (C=O) groups excluding carboxylic acids is 3. The van der Waals surface area contributed by atoms with E-state index in [4.69, 9.17) is 21.1 Å². The summed E-state index contributed by atoms with van der Waals surface area (Å²) in [5, 5.41) is 0.515. The zero-order valence-electron chi connectivity index (χ0n) is 14.9. The van der Waals surface area contributed by atoms with E-state index in [0.717, 1.165) is 9.60 Å². The fourth-order valence-electron chi connectivity index (χ4n) is 2.84. The van der Waals surface area contributed by atoms with Gasteiger partial charge in [-0.25, -0.2) is 0 Å². The summed E-state index contributed by atoms with van der Waals surface area (Å²) in [6, 6.07) is 3.46. The number of rotatable bonds is 6. The molecule has 0 bridgehead atoms. The van der Waals surface area contributed by atoms with Crippen LogP contribution in [-0.2, 0) is 25.7 Å². The molecule has 1 aromatic carbocycles. The Morgan fingerprint density at radius 3 is 2.59 bits per heavy atom. The van der Waals surface area contributed by atoms with Crippen LogP contribution in [0.5, 0.6) is 5.75 Å². The van der Waals surface area contributed by atoms with E-state index >= 15 is 0 Å². The lowest BCUT2D eigenvalue weighted by Crippen LogP contribution is -2.34. The molecule has 0 radical (unpaired) electrons. The maximum Gasteiger partial charge on any atom is 0.268 e. The molecule has 8 nitrogen and oxygen atoms in total. The number of fused-ring (bicyclic) bond motifs is 1. The summed E-state index contributed by atoms with van der Waals surface area (Å²) in [5.74, 6) is -0.680. The minimum Gasteiger partial charge on any atom is -0.495 e. The Morgan fingerprint density at radius 2 is 1.96 bits per heavy atom. The van der Waals surface area contributed by atoms with Gasteiger partial charge in [-0.3, -0.25) is 19.3 Å². The predicted molar refractivity (Wildman–Crippen MR) is 99.8 cm³/mol. The fraction of sp³-hybridized carbons (Fsp3) is 0.412. The van der Waals surface area contributed by atoms with Gasteiger partial charge in [0.05, 0.1) is 23.4 Å². The molecule has 144 valence electrons. The van der Waals surface area contributed by atoms with E-state index in [1.54, 1.807) is 30.9 Å². The molecule has 0 spiro atoms. The number of thiazole rings is 1. The second-order valence-electron chi connectivity index (χ2n) is 5.84. The number of halogens is 1. The maximum atomic E-state index is 12.4. The van der Waals surface area contributed by atoms with Gasteiger partial charge in [-0.1, -0.05) is 22.9 Å². The number of benzene rings is 1. The molecule has 2 heterocycles. The molecule has 0 aliphatic carbocycles. The van der Waals surface area contributed by atoms with Crippen LogP contribution < -0.4 is 9.54 Å². The van der Waals surface area contributed by atoms with Gasteiger partial charge < -0.3 is 14.0 Å². The van der Waals surface area contributed by atoms with Crippen molar-refractivity contribution >= 4 is 50.9 Å². The van der Waals surface area contributed by atoms with Gasteiger partial charge in [-0.15, -0.1) is 0 Å². The Kier molecular flexibility index (Phi) is 5.93. The third-order valence-corrected chi connectivity index (χ3v) is 5.69. The first-order valence-electron chi connectivity index (χ1n) is 8.21. The van der Waals surface area contributed by atoms with E-state index in [2.05, 4.69) is 4.99 Å². The molecular weight excluding hydrogens is 394 g/mol. The van der Waals surface area contributed by atoms with Crippen LogP contribution in [-0.4, -0.2) is 54.6 Å². The predicted octanol–water partition coefficient (Wildman–Crippen LogP) is 1.59. The van der Waals surface area contributed by atoms with E-state index in [9.17, 15) is 14.4 Å². The Balaban J connectivity index is 2.05. The van der Waals surface area contributed by atoms with Crippen LogP contribution >= 0.6 is 22.9 Å². The first-order chi connectivity index (χ1) is 13.0. The molecule has 1 saturated heterocycles. The largest absolute Gasteiger partial charge is 0.495 e. The smallest absolute Gasteiger partial charge is 0.268 e. The van der Waals surface area contributed by atoms with Crippen molar-refractivity contribution in [3.8, 4) is 5.75 Å². The second-order valence-corrected chi connectivity index (χ2v) is 7.22. The Morgan fingerprint density at radius 1 is 1.26 bits per heavy atom. The van der Waals surface area contributed by atoms with Crippen LogP contribution in [0, 0.1) is 0 Å². The van der Waals surface area contributed by atoms with Crippen molar-refractivity contribution < 1.29 is 23.9 Å². The van der Waals surface area contributed by atoms with Crippen molar-refractivity contribution in [3.05, 3.63) is 22.0 Å². The molecule has 3 amide bonds. The average molecular weight is 412 g/mol. The third-order valence-electron chi connectivity index (χ3n) is 4.15. The van der Waals surface area contributed by atoms with Crippen LogP contribution in [0.4, 0.5) is 0 Å². The van der Waals surface area contributed by atoms with Gasteiger partial charge in [0, 0.05) is 26.5 Å². The number of methoxy groups -OCH3 is 2. The van der Waals surface area contributed by atoms with Crippen molar-refractivity contribution in [2.75, 3.05) is 27.4 Å². The second kappa shape index (κ2) is 8.20. The first kappa shape index (κ1) is 19.5. The number of imide groups is 1. The lowest BCUT2D eigenvalue weighted by atomic mass is 10.3. The molecule has 0 saturated carbocycles. The summed E-state index contributed by atoms with van der Waals surface area (Å²) in [7, 11) is 3.12. The SMILES string of the molecule is COCCn1c(=NC(=O)CN2C(=O)CCC2=O)sc2c(Cl)ccc(OC)c21. The quantitative estimate of drug-likeness (QED) is 0.673. The van der Waals surface area contributed by atoms with Crippen LogP contribution in [0.2, 0.25) is 5.02 Å². The monoisotopic (exact) mass is 411 g/mol. The topological polar surface area (TPSA) is 90.2 Å². The van der Waals surface area contributed by atoms with E-state index in [0.29, 0.717) is 34.2 Å². The number of likely N-dealkylation sites (tertiary alicyclic amines) is 1. The number of ether oxygens (including phenoxy) is 2. The molecule has 10 heteroatoms. The summed E-state index contributed by atoms with van der Waals surface area (Å²) >= 11 is 7.54. The van der Waals surface area contributed by atoms with Gasteiger partial charge in [-0.2, -0.15) is 4.99 Å². The van der Waals surface area contributed by atoms with E-state index in [1.165, 1.54) is 11.3 Å². The van der Waals surface area contributed by atoms with Crippen molar-refractivity contribution in [2.24, 2.45) is 4.99 Å². The highest BCUT2D eigenvalue weighted by atomic mass is 35.5.